The second-order valence-electron chi connectivity index (χ2n) is 7.15. The van der Waals surface area contributed by atoms with Gasteiger partial charge in [-0.2, -0.15) is 5.10 Å². The van der Waals surface area contributed by atoms with Crippen LogP contribution in [0.5, 0.6) is 0 Å². The van der Waals surface area contributed by atoms with Gasteiger partial charge in [-0.15, -0.1) is 10.2 Å². The van der Waals surface area contributed by atoms with E-state index in [9.17, 15) is 0 Å². The van der Waals surface area contributed by atoms with Crippen molar-refractivity contribution in [1.82, 2.24) is 34.9 Å². The van der Waals surface area contributed by atoms with Crippen LogP contribution in [0.2, 0.25) is 0 Å². The van der Waals surface area contributed by atoms with Crippen molar-refractivity contribution < 1.29 is 0 Å². The van der Waals surface area contributed by atoms with Crippen LogP contribution in [0.4, 0.5) is 11.6 Å². The molecule has 0 bridgehead atoms. The maximum atomic E-state index is 4.51. The summed E-state index contributed by atoms with van der Waals surface area (Å²) in [5.41, 5.74) is 2.88. The largest absolute Gasteiger partial charge is 0.352 e. The van der Waals surface area contributed by atoms with Crippen LogP contribution in [-0.2, 0) is 0 Å². The van der Waals surface area contributed by atoms with Gasteiger partial charge in [0.25, 0.3) is 0 Å². The standard InChI is InChI=1S/C20H21N9/c1-14-11-15(2)29(26-14)19-4-3-18(24-25-19)27-7-9-28(10-8-27)20-16-5-6-21-12-17(16)22-13-23-20/h3-6,11-13H,7-10H2,1-2H3. The molecule has 0 atom stereocenters. The smallest absolute Gasteiger partial charge is 0.176 e. The maximum absolute atomic E-state index is 4.51. The van der Waals surface area contributed by atoms with Gasteiger partial charge in [0.15, 0.2) is 11.6 Å². The molecule has 0 spiro atoms. The lowest BCUT2D eigenvalue weighted by atomic mass is 10.2. The zero-order chi connectivity index (χ0) is 19.8. The maximum Gasteiger partial charge on any atom is 0.176 e. The molecule has 0 saturated carbocycles. The molecule has 146 valence electrons. The SMILES string of the molecule is Cc1cc(C)n(-c2ccc(N3CCN(c4ncnc5cnccc45)CC3)nn2)n1. The number of hydrogen-bond acceptors (Lipinski definition) is 8. The Balaban J connectivity index is 1.31. The molecule has 0 unspecified atom stereocenters. The van der Waals surface area contributed by atoms with E-state index >= 15 is 0 Å². The van der Waals surface area contributed by atoms with Crippen LogP contribution in [0.15, 0.2) is 43.0 Å². The fourth-order valence-electron chi connectivity index (χ4n) is 3.75. The zero-order valence-electron chi connectivity index (χ0n) is 16.4. The van der Waals surface area contributed by atoms with Gasteiger partial charge in [0, 0.05) is 43.5 Å². The van der Waals surface area contributed by atoms with E-state index in [2.05, 4.69) is 40.0 Å². The highest BCUT2D eigenvalue weighted by atomic mass is 15.4. The van der Waals surface area contributed by atoms with Crippen molar-refractivity contribution >= 4 is 22.5 Å². The molecule has 29 heavy (non-hydrogen) atoms. The Kier molecular flexibility index (Phi) is 4.27. The molecule has 5 rings (SSSR count). The Labute approximate surface area is 168 Å². The molecule has 0 aromatic carbocycles. The molecule has 1 aliphatic heterocycles. The topological polar surface area (TPSA) is 88.8 Å². The van der Waals surface area contributed by atoms with Gasteiger partial charge in [0.2, 0.25) is 0 Å². The first-order valence-corrected chi connectivity index (χ1v) is 9.61. The molecule has 1 fully saturated rings. The fraction of sp³-hybridized carbons (Fsp3) is 0.300. The normalized spacial score (nSPS) is 14.6. The van der Waals surface area contributed by atoms with Crippen LogP contribution < -0.4 is 9.80 Å². The van der Waals surface area contributed by atoms with Crippen molar-refractivity contribution in [2.75, 3.05) is 36.0 Å². The Bertz CT molecular complexity index is 1140. The number of rotatable bonds is 3. The van der Waals surface area contributed by atoms with Crippen molar-refractivity contribution in [2.24, 2.45) is 0 Å². The van der Waals surface area contributed by atoms with Gasteiger partial charge in [-0.25, -0.2) is 14.6 Å². The van der Waals surface area contributed by atoms with Crippen LogP contribution in [-0.4, -0.2) is 61.1 Å². The summed E-state index contributed by atoms with van der Waals surface area (Å²) < 4.78 is 1.82. The summed E-state index contributed by atoms with van der Waals surface area (Å²) in [5, 5.41) is 14.3. The molecular weight excluding hydrogens is 366 g/mol. The van der Waals surface area contributed by atoms with Crippen molar-refractivity contribution in [3.8, 4) is 5.82 Å². The number of pyridine rings is 1. The van der Waals surface area contributed by atoms with Gasteiger partial charge in [-0.05, 0) is 38.1 Å². The first-order valence-electron chi connectivity index (χ1n) is 9.61. The number of anilines is 2. The minimum absolute atomic E-state index is 0.735. The van der Waals surface area contributed by atoms with Gasteiger partial charge in [-0.3, -0.25) is 4.98 Å². The first kappa shape index (κ1) is 17.5. The summed E-state index contributed by atoms with van der Waals surface area (Å²) in [6, 6.07) is 7.99. The lowest BCUT2D eigenvalue weighted by Gasteiger charge is -2.36. The van der Waals surface area contributed by atoms with E-state index in [0.717, 1.165) is 65.9 Å². The van der Waals surface area contributed by atoms with Crippen LogP contribution in [0, 0.1) is 13.8 Å². The molecular formula is C20H21N9. The van der Waals surface area contributed by atoms with E-state index in [1.165, 1.54) is 0 Å². The molecule has 9 heteroatoms. The average Bonchev–Trinajstić information content (AvgIpc) is 3.11. The lowest BCUT2D eigenvalue weighted by Crippen LogP contribution is -2.47. The van der Waals surface area contributed by atoms with E-state index in [1.807, 2.05) is 42.8 Å². The molecule has 4 aromatic heterocycles. The van der Waals surface area contributed by atoms with E-state index < -0.39 is 0 Å². The van der Waals surface area contributed by atoms with Gasteiger partial charge < -0.3 is 9.80 Å². The Morgan fingerprint density at radius 2 is 1.62 bits per heavy atom. The van der Waals surface area contributed by atoms with Crippen LogP contribution in [0.25, 0.3) is 16.7 Å². The molecule has 0 N–H and O–H groups in total. The van der Waals surface area contributed by atoms with Crippen molar-refractivity contribution in [1.29, 1.82) is 0 Å². The first-order chi connectivity index (χ1) is 14.2. The summed E-state index contributed by atoms with van der Waals surface area (Å²) in [6.45, 7) is 7.41. The number of aryl methyl sites for hydroxylation is 2. The summed E-state index contributed by atoms with van der Waals surface area (Å²) in [7, 11) is 0. The van der Waals surface area contributed by atoms with Gasteiger partial charge in [-0.1, -0.05) is 0 Å². The molecule has 5 heterocycles. The molecule has 4 aromatic rings. The number of piperazine rings is 1. The summed E-state index contributed by atoms with van der Waals surface area (Å²) in [4.78, 5) is 17.5. The Hall–Kier alpha value is -3.62. The molecule has 0 amide bonds. The number of fused-ring (bicyclic) bond motifs is 1. The number of nitrogens with zero attached hydrogens (tertiary/aromatic N) is 9. The minimum atomic E-state index is 0.735. The predicted molar refractivity (Wildman–Crippen MR) is 110 cm³/mol. The number of hydrogen-bond donors (Lipinski definition) is 0. The molecule has 0 radical (unpaired) electrons. The third-order valence-corrected chi connectivity index (χ3v) is 5.18. The van der Waals surface area contributed by atoms with E-state index in [0.29, 0.717) is 0 Å². The van der Waals surface area contributed by atoms with E-state index in [4.69, 9.17) is 0 Å². The highest BCUT2D eigenvalue weighted by Gasteiger charge is 2.21. The molecule has 1 saturated heterocycles. The third kappa shape index (κ3) is 3.24. The zero-order valence-corrected chi connectivity index (χ0v) is 16.4. The Morgan fingerprint density at radius 1 is 0.862 bits per heavy atom. The van der Waals surface area contributed by atoms with Gasteiger partial charge >= 0.3 is 0 Å². The lowest BCUT2D eigenvalue weighted by molar-refractivity contribution is 0.637. The highest BCUT2D eigenvalue weighted by Crippen LogP contribution is 2.24. The summed E-state index contributed by atoms with van der Waals surface area (Å²) in [6.07, 6.45) is 5.16. The fourth-order valence-corrected chi connectivity index (χ4v) is 3.75. The molecule has 9 nitrogen and oxygen atoms in total. The van der Waals surface area contributed by atoms with Crippen LogP contribution >= 0.6 is 0 Å². The molecule has 0 aliphatic carbocycles. The van der Waals surface area contributed by atoms with E-state index in [-0.39, 0.29) is 0 Å². The highest BCUT2D eigenvalue weighted by molar-refractivity contribution is 5.88. The second kappa shape index (κ2) is 7.08. The molecule has 1 aliphatic rings. The van der Waals surface area contributed by atoms with Crippen molar-refractivity contribution in [3.05, 3.63) is 54.4 Å². The Morgan fingerprint density at radius 3 is 2.34 bits per heavy atom. The van der Waals surface area contributed by atoms with Crippen LogP contribution in [0.1, 0.15) is 11.4 Å². The number of aromatic nitrogens is 7. The summed E-state index contributed by atoms with van der Waals surface area (Å²) in [5.74, 6) is 2.58. The van der Waals surface area contributed by atoms with Gasteiger partial charge in [0.1, 0.15) is 12.1 Å². The summed E-state index contributed by atoms with van der Waals surface area (Å²) >= 11 is 0. The quantitative estimate of drug-likeness (QED) is 0.527. The van der Waals surface area contributed by atoms with E-state index in [1.54, 1.807) is 18.7 Å². The van der Waals surface area contributed by atoms with Crippen molar-refractivity contribution in [2.45, 2.75) is 13.8 Å². The van der Waals surface area contributed by atoms with Crippen molar-refractivity contribution in [3.63, 3.8) is 0 Å². The van der Waals surface area contributed by atoms with Gasteiger partial charge in [0.05, 0.1) is 17.4 Å². The third-order valence-electron chi connectivity index (χ3n) is 5.18. The second-order valence-corrected chi connectivity index (χ2v) is 7.15. The monoisotopic (exact) mass is 387 g/mol. The minimum Gasteiger partial charge on any atom is -0.352 e. The van der Waals surface area contributed by atoms with Crippen LogP contribution in [0.3, 0.4) is 0 Å². The predicted octanol–water partition coefficient (Wildman–Crippen LogP) is 1.94. The average molecular weight is 387 g/mol.